The third-order valence-corrected chi connectivity index (χ3v) is 2.15. The zero-order valence-corrected chi connectivity index (χ0v) is 9.06. The van der Waals surface area contributed by atoms with E-state index in [9.17, 15) is 0 Å². The summed E-state index contributed by atoms with van der Waals surface area (Å²) in [6, 6.07) is 0. The second-order valence-corrected chi connectivity index (χ2v) is 3.49. The first-order valence-corrected chi connectivity index (χ1v) is 5.19. The quantitative estimate of drug-likeness (QED) is 0.575. The van der Waals surface area contributed by atoms with Crippen LogP contribution in [0.1, 0.15) is 46.5 Å². The summed E-state index contributed by atoms with van der Waals surface area (Å²) in [6.45, 7) is 6.48. The Labute approximate surface area is 83.1 Å². The van der Waals surface area contributed by atoms with Crippen molar-refractivity contribution in [2.45, 2.75) is 46.5 Å². The maximum Gasteiger partial charge on any atom is 0.0307 e. The first kappa shape index (κ1) is 12.1. The largest absolute Gasteiger partial charge is 0.120 e. The Kier molecular flexibility index (Phi) is 7.23. The van der Waals surface area contributed by atoms with E-state index in [1.54, 1.807) is 0 Å². The van der Waals surface area contributed by atoms with E-state index < -0.39 is 0 Å². The van der Waals surface area contributed by atoms with E-state index in [1.807, 2.05) is 0 Å². The monoisotopic (exact) mass is 176 g/mol. The van der Waals surface area contributed by atoms with E-state index in [0.717, 1.165) is 12.8 Å². The van der Waals surface area contributed by atoms with Gasteiger partial charge in [-0.2, -0.15) is 0 Å². The molecule has 0 rings (SSSR count). The van der Waals surface area contributed by atoms with Crippen LogP contribution in [-0.4, -0.2) is 0 Å². The third kappa shape index (κ3) is 6.30. The fourth-order valence-electron chi connectivity index (χ4n) is 1.18. The molecule has 0 aliphatic rings. The van der Waals surface area contributed by atoms with Crippen molar-refractivity contribution < 1.29 is 0 Å². The maximum absolute atomic E-state index is 5.34. The minimum atomic E-state index is 0.348. The fourth-order valence-corrected chi connectivity index (χ4v) is 1.18. The third-order valence-electron chi connectivity index (χ3n) is 2.15. The normalized spacial score (nSPS) is 13.7. The molecule has 0 saturated carbocycles. The minimum absolute atomic E-state index is 0.348. The number of hydrogen-bond acceptors (Lipinski definition) is 0. The Bertz CT molecular complexity index is 208. The van der Waals surface area contributed by atoms with Gasteiger partial charge < -0.3 is 0 Å². The molecule has 2 atom stereocenters. The van der Waals surface area contributed by atoms with Crippen LogP contribution in [0.4, 0.5) is 0 Å². The molecule has 0 spiro atoms. The van der Waals surface area contributed by atoms with Crippen molar-refractivity contribution >= 4 is 0 Å². The van der Waals surface area contributed by atoms with Crippen LogP contribution in [0.25, 0.3) is 0 Å². The van der Waals surface area contributed by atoms with Crippen molar-refractivity contribution in [1.82, 2.24) is 0 Å². The molecule has 0 aromatic heterocycles. The lowest BCUT2D eigenvalue weighted by atomic mass is 10.0. The van der Waals surface area contributed by atoms with Crippen molar-refractivity contribution in [3.63, 3.8) is 0 Å². The van der Waals surface area contributed by atoms with Gasteiger partial charge in [0.15, 0.2) is 0 Å². The number of terminal acetylenes is 1. The molecule has 0 bridgehead atoms. The lowest BCUT2D eigenvalue weighted by molar-refractivity contribution is 0.646. The van der Waals surface area contributed by atoms with Crippen LogP contribution < -0.4 is 0 Å². The molecule has 0 saturated heterocycles. The van der Waals surface area contributed by atoms with Gasteiger partial charge in [-0.25, -0.2) is 0 Å². The molecule has 0 radical (unpaired) electrons. The van der Waals surface area contributed by atoms with E-state index in [2.05, 4.69) is 38.5 Å². The van der Waals surface area contributed by atoms with Crippen LogP contribution in [0.3, 0.4) is 0 Å². The van der Waals surface area contributed by atoms with Gasteiger partial charge in [0.2, 0.25) is 0 Å². The van der Waals surface area contributed by atoms with Crippen molar-refractivity contribution in [3.05, 3.63) is 0 Å². The Morgan fingerprint density at radius 2 is 2.00 bits per heavy atom. The van der Waals surface area contributed by atoms with Crippen molar-refractivity contribution in [2.24, 2.45) is 11.8 Å². The highest BCUT2D eigenvalue weighted by Crippen LogP contribution is 2.06. The van der Waals surface area contributed by atoms with Gasteiger partial charge in [-0.3, -0.25) is 0 Å². The summed E-state index contributed by atoms with van der Waals surface area (Å²) in [5, 5.41) is 0. The summed E-state index contributed by atoms with van der Waals surface area (Å²) in [6.07, 6.45) is 9.64. The van der Waals surface area contributed by atoms with Crippen LogP contribution >= 0.6 is 0 Å². The maximum atomic E-state index is 5.34. The van der Waals surface area contributed by atoms with Gasteiger partial charge in [0.05, 0.1) is 0 Å². The highest BCUT2D eigenvalue weighted by atomic mass is 14.0. The van der Waals surface area contributed by atoms with E-state index in [1.165, 1.54) is 12.8 Å². The Morgan fingerprint density at radius 1 is 1.31 bits per heavy atom. The number of hydrogen-bond donors (Lipinski definition) is 0. The fraction of sp³-hybridized carbons (Fsp3) is 0.692. The summed E-state index contributed by atoms with van der Waals surface area (Å²) in [5.41, 5.74) is 0. The molecule has 0 aliphatic heterocycles. The predicted molar refractivity (Wildman–Crippen MR) is 59.1 cm³/mol. The van der Waals surface area contributed by atoms with Gasteiger partial charge in [-0.1, -0.05) is 27.2 Å². The zero-order valence-electron chi connectivity index (χ0n) is 9.06. The molecule has 0 heteroatoms. The second kappa shape index (κ2) is 7.75. The Morgan fingerprint density at radius 3 is 2.46 bits per heavy atom. The Hall–Kier alpha value is -0.880. The van der Waals surface area contributed by atoms with E-state index in [4.69, 9.17) is 6.42 Å². The first-order valence-electron chi connectivity index (χ1n) is 5.19. The molecule has 0 amide bonds. The van der Waals surface area contributed by atoms with Crippen molar-refractivity contribution in [1.29, 1.82) is 0 Å². The molecule has 0 heterocycles. The van der Waals surface area contributed by atoms with Crippen LogP contribution in [0.5, 0.6) is 0 Å². The van der Waals surface area contributed by atoms with Crippen LogP contribution in [-0.2, 0) is 0 Å². The van der Waals surface area contributed by atoms with Gasteiger partial charge in [0.1, 0.15) is 0 Å². The molecular formula is C13H20. The minimum Gasteiger partial charge on any atom is -0.120 e. The summed E-state index contributed by atoms with van der Waals surface area (Å²) >= 11 is 0. The molecule has 0 aliphatic carbocycles. The van der Waals surface area contributed by atoms with Gasteiger partial charge in [-0.05, 0) is 12.8 Å². The topological polar surface area (TPSA) is 0 Å². The number of rotatable bonds is 4. The molecular weight excluding hydrogens is 156 g/mol. The molecule has 0 aromatic rings. The highest BCUT2D eigenvalue weighted by Gasteiger charge is 1.98. The van der Waals surface area contributed by atoms with Crippen molar-refractivity contribution in [3.8, 4) is 24.2 Å². The predicted octanol–water partition coefficient (Wildman–Crippen LogP) is 3.48. The van der Waals surface area contributed by atoms with Crippen LogP contribution in [0, 0.1) is 36.0 Å². The molecule has 0 N–H and O–H groups in total. The SMILES string of the molecule is C#CC(CC)CC#CC(C)CCC. The molecule has 0 nitrogen and oxygen atoms in total. The summed E-state index contributed by atoms with van der Waals surface area (Å²) < 4.78 is 0. The lowest BCUT2D eigenvalue weighted by Gasteiger charge is -2.01. The van der Waals surface area contributed by atoms with E-state index in [0.29, 0.717) is 11.8 Å². The molecule has 2 unspecified atom stereocenters. The average molecular weight is 176 g/mol. The summed E-state index contributed by atoms with van der Waals surface area (Å²) in [4.78, 5) is 0. The molecule has 0 aromatic carbocycles. The van der Waals surface area contributed by atoms with Crippen molar-refractivity contribution in [2.75, 3.05) is 0 Å². The highest BCUT2D eigenvalue weighted by molar-refractivity contribution is 5.07. The first-order chi connectivity index (χ1) is 6.24. The van der Waals surface area contributed by atoms with Crippen LogP contribution in [0.2, 0.25) is 0 Å². The Balaban J connectivity index is 3.78. The molecule has 13 heavy (non-hydrogen) atoms. The summed E-state index contributed by atoms with van der Waals surface area (Å²) in [7, 11) is 0. The van der Waals surface area contributed by atoms with Gasteiger partial charge in [0, 0.05) is 18.3 Å². The van der Waals surface area contributed by atoms with Gasteiger partial charge in [0.25, 0.3) is 0 Å². The standard InChI is InChI=1S/C13H20/c1-5-9-12(4)10-8-11-13(6-2)7-3/h2,12-13H,5,7,9,11H2,1,3-4H3. The van der Waals surface area contributed by atoms with Gasteiger partial charge >= 0.3 is 0 Å². The molecule has 0 fully saturated rings. The van der Waals surface area contributed by atoms with Gasteiger partial charge in [-0.15, -0.1) is 24.2 Å². The van der Waals surface area contributed by atoms with E-state index >= 15 is 0 Å². The zero-order chi connectivity index (χ0) is 10.1. The lowest BCUT2D eigenvalue weighted by Crippen LogP contribution is -1.93. The average Bonchev–Trinajstić information content (AvgIpc) is 2.13. The second-order valence-electron chi connectivity index (χ2n) is 3.49. The molecule has 72 valence electrons. The van der Waals surface area contributed by atoms with E-state index in [-0.39, 0.29) is 0 Å². The smallest absolute Gasteiger partial charge is 0.0307 e. The summed E-state index contributed by atoms with van der Waals surface area (Å²) in [5.74, 6) is 10.0. The van der Waals surface area contributed by atoms with Crippen LogP contribution in [0.15, 0.2) is 0 Å².